The van der Waals surface area contributed by atoms with Gasteiger partial charge >= 0.3 is 12.0 Å². The Labute approximate surface area is 105 Å². The molecule has 0 bridgehead atoms. The zero-order valence-electron chi connectivity index (χ0n) is 9.89. The number of nitrogens with zero attached hydrogens (tertiary/aromatic N) is 1. The molecule has 17 heavy (non-hydrogen) atoms. The molecule has 3 atom stereocenters. The third kappa shape index (κ3) is 2.68. The van der Waals surface area contributed by atoms with E-state index >= 15 is 0 Å². The van der Waals surface area contributed by atoms with E-state index in [0.29, 0.717) is 5.25 Å². The molecule has 0 unspecified atom stereocenters. The lowest BCUT2D eigenvalue weighted by Gasteiger charge is -2.23. The summed E-state index contributed by atoms with van der Waals surface area (Å²) in [6.45, 7) is 0. The van der Waals surface area contributed by atoms with E-state index in [1.54, 1.807) is 4.90 Å². The highest BCUT2D eigenvalue weighted by Gasteiger charge is 2.46. The molecule has 0 saturated carbocycles. The highest BCUT2D eigenvalue weighted by atomic mass is 32.2. The van der Waals surface area contributed by atoms with E-state index in [2.05, 4.69) is 5.32 Å². The first-order chi connectivity index (χ1) is 8.09. The van der Waals surface area contributed by atoms with Gasteiger partial charge in [0, 0.05) is 24.5 Å². The Morgan fingerprint density at radius 1 is 1.59 bits per heavy atom. The number of thioether (sulfide) groups is 1. The van der Waals surface area contributed by atoms with Crippen molar-refractivity contribution in [1.82, 2.24) is 10.2 Å². The summed E-state index contributed by atoms with van der Waals surface area (Å²) in [6, 6.07) is 0.593. The molecule has 0 spiro atoms. The number of hydrogen-bond acceptors (Lipinski definition) is 3. The maximum absolute atomic E-state index is 11.5. The summed E-state index contributed by atoms with van der Waals surface area (Å²) in [4.78, 5) is 23.7. The normalized spacial score (nSPS) is 31.5. The summed E-state index contributed by atoms with van der Waals surface area (Å²) in [7, 11) is 1.84. The van der Waals surface area contributed by atoms with Crippen molar-refractivity contribution in [2.24, 2.45) is 0 Å². The average Bonchev–Trinajstić information content (AvgIpc) is 2.77. The van der Waals surface area contributed by atoms with Gasteiger partial charge in [-0.25, -0.2) is 4.79 Å². The van der Waals surface area contributed by atoms with E-state index in [1.807, 2.05) is 18.8 Å². The van der Waals surface area contributed by atoms with E-state index in [4.69, 9.17) is 5.11 Å². The molecule has 0 radical (unpaired) electrons. The summed E-state index contributed by atoms with van der Waals surface area (Å²) in [5, 5.41) is 12.0. The lowest BCUT2D eigenvalue weighted by atomic mass is 10.0. The number of aliphatic carboxylic acids is 1. The maximum Gasteiger partial charge on any atom is 0.317 e. The van der Waals surface area contributed by atoms with Crippen molar-refractivity contribution in [1.29, 1.82) is 0 Å². The smallest absolute Gasteiger partial charge is 0.317 e. The number of amides is 2. The van der Waals surface area contributed by atoms with Crippen LogP contribution in [0.25, 0.3) is 0 Å². The number of fused-ring (bicyclic) bond motifs is 1. The first-order valence-corrected chi connectivity index (χ1v) is 7.01. The Balaban J connectivity index is 1.78. The van der Waals surface area contributed by atoms with Crippen molar-refractivity contribution < 1.29 is 14.7 Å². The minimum absolute atomic E-state index is 0.0239. The van der Waals surface area contributed by atoms with Crippen LogP contribution in [-0.2, 0) is 4.79 Å². The summed E-state index contributed by atoms with van der Waals surface area (Å²) >= 11 is 1.90. The Kier molecular flexibility index (Phi) is 3.81. The van der Waals surface area contributed by atoms with Crippen LogP contribution in [0.3, 0.4) is 0 Å². The molecule has 96 valence electrons. The predicted octanol–water partition coefficient (Wildman–Crippen LogP) is 1.14. The molecule has 2 heterocycles. The highest BCUT2D eigenvalue weighted by Crippen LogP contribution is 2.36. The quantitative estimate of drug-likeness (QED) is 0.573. The van der Waals surface area contributed by atoms with Gasteiger partial charge < -0.3 is 15.3 Å². The Morgan fingerprint density at radius 3 is 3.06 bits per heavy atom. The molecule has 0 aromatic carbocycles. The summed E-state index contributed by atoms with van der Waals surface area (Å²) in [5.74, 6) is 0.251. The molecule has 2 aliphatic rings. The topological polar surface area (TPSA) is 69.6 Å². The molecule has 0 aliphatic carbocycles. The van der Waals surface area contributed by atoms with Crippen LogP contribution < -0.4 is 5.32 Å². The van der Waals surface area contributed by atoms with Crippen LogP contribution in [0.2, 0.25) is 0 Å². The Hall–Kier alpha value is -0.910. The minimum Gasteiger partial charge on any atom is -0.481 e. The fourth-order valence-electron chi connectivity index (χ4n) is 2.60. The molecule has 2 N–H and O–H groups in total. The SMILES string of the molecule is CN1C(=O)N[C@@H]2CS[C@H](CCCCC(=O)O)[C@@H]21. The number of carbonyl (C=O) groups excluding carboxylic acids is 1. The minimum atomic E-state index is -0.725. The second-order valence-corrected chi connectivity index (χ2v) is 5.94. The van der Waals surface area contributed by atoms with Gasteiger partial charge in [-0.15, -0.1) is 0 Å². The average molecular weight is 258 g/mol. The van der Waals surface area contributed by atoms with Crippen molar-refractivity contribution in [3.05, 3.63) is 0 Å². The summed E-state index contributed by atoms with van der Waals surface area (Å²) in [6.07, 6.45) is 2.90. The van der Waals surface area contributed by atoms with E-state index in [1.165, 1.54) is 0 Å². The second kappa shape index (κ2) is 5.16. The van der Waals surface area contributed by atoms with Gasteiger partial charge in [0.2, 0.25) is 0 Å². The standard InChI is InChI=1S/C11H18N2O3S/c1-13-10-7(12-11(13)16)6-17-8(10)4-2-3-5-9(14)15/h7-8,10H,2-6H2,1H3,(H,12,16)(H,14,15)/t7-,8-,10-/m1/s1. The van der Waals surface area contributed by atoms with Crippen molar-refractivity contribution >= 4 is 23.8 Å². The van der Waals surface area contributed by atoms with Crippen molar-refractivity contribution in [2.45, 2.75) is 43.0 Å². The van der Waals surface area contributed by atoms with Gasteiger partial charge in [-0.2, -0.15) is 11.8 Å². The lowest BCUT2D eigenvalue weighted by molar-refractivity contribution is -0.137. The first kappa shape index (κ1) is 12.5. The number of carbonyl (C=O) groups is 2. The molecule has 6 heteroatoms. The largest absolute Gasteiger partial charge is 0.481 e. The van der Waals surface area contributed by atoms with Gasteiger partial charge in [0.15, 0.2) is 0 Å². The number of unbranched alkanes of at least 4 members (excludes halogenated alkanes) is 1. The Morgan fingerprint density at radius 2 is 2.35 bits per heavy atom. The number of carboxylic acids is 1. The monoisotopic (exact) mass is 258 g/mol. The number of likely N-dealkylation sites (N-methyl/N-ethyl adjacent to an activating group) is 1. The van der Waals surface area contributed by atoms with Gasteiger partial charge in [0.05, 0.1) is 12.1 Å². The van der Waals surface area contributed by atoms with Crippen molar-refractivity contribution in [3.8, 4) is 0 Å². The van der Waals surface area contributed by atoms with E-state index in [-0.39, 0.29) is 24.5 Å². The second-order valence-electron chi connectivity index (χ2n) is 4.67. The third-order valence-electron chi connectivity index (χ3n) is 3.49. The van der Waals surface area contributed by atoms with E-state index in [9.17, 15) is 9.59 Å². The van der Waals surface area contributed by atoms with Crippen LogP contribution >= 0.6 is 11.8 Å². The van der Waals surface area contributed by atoms with Crippen LogP contribution in [0.15, 0.2) is 0 Å². The van der Waals surface area contributed by atoms with Crippen LogP contribution in [0.5, 0.6) is 0 Å². The van der Waals surface area contributed by atoms with Crippen LogP contribution in [-0.4, -0.2) is 52.1 Å². The number of hydrogen-bond donors (Lipinski definition) is 2. The van der Waals surface area contributed by atoms with Crippen LogP contribution in [0, 0.1) is 0 Å². The molecule has 5 nitrogen and oxygen atoms in total. The molecular weight excluding hydrogens is 240 g/mol. The van der Waals surface area contributed by atoms with E-state index < -0.39 is 5.97 Å². The molecule has 2 amide bonds. The fraction of sp³-hybridized carbons (Fsp3) is 0.818. The predicted molar refractivity (Wildman–Crippen MR) is 66.2 cm³/mol. The fourth-order valence-corrected chi connectivity index (χ4v) is 4.24. The molecular formula is C11H18N2O3S. The summed E-state index contributed by atoms with van der Waals surface area (Å²) < 4.78 is 0. The van der Waals surface area contributed by atoms with E-state index in [0.717, 1.165) is 25.0 Å². The van der Waals surface area contributed by atoms with Crippen LogP contribution in [0.4, 0.5) is 4.79 Å². The molecule has 2 aliphatic heterocycles. The zero-order chi connectivity index (χ0) is 12.4. The maximum atomic E-state index is 11.5. The third-order valence-corrected chi connectivity index (χ3v) is 4.98. The van der Waals surface area contributed by atoms with Gasteiger partial charge in [-0.05, 0) is 12.8 Å². The molecule has 2 rings (SSSR count). The van der Waals surface area contributed by atoms with Crippen LogP contribution in [0.1, 0.15) is 25.7 Å². The zero-order valence-corrected chi connectivity index (χ0v) is 10.7. The summed E-state index contributed by atoms with van der Waals surface area (Å²) in [5.41, 5.74) is 0. The number of urea groups is 1. The number of nitrogens with one attached hydrogen (secondary N) is 1. The number of carboxylic acid groups (broad SMARTS) is 1. The van der Waals surface area contributed by atoms with Gasteiger partial charge in [-0.1, -0.05) is 6.42 Å². The van der Waals surface area contributed by atoms with Gasteiger partial charge in [0.1, 0.15) is 0 Å². The number of rotatable bonds is 5. The molecule has 2 saturated heterocycles. The van der Waals surface area contributed by atoms with Crippen molar-refractivity contribution in [2.75, 3.05) is 12.8 Å². The lowest BCUT2D eigenvalue weighted by Crippen LogP contribution is -2.38. The first-order valence-electron chi connectivity index (χ1n) is 5.96. The van der Waals surface area contributed by atoms with Crippen molar-refractivity contribution in [3.63, 3.8) is 0 Å². The molecule has 2 fully saturated rings. The Bertz CT molecular complexity index is 324. The van der Waals surface area contributed by atoms with Gasteiger partial charge in [0.25, 0.3) is 0 Å². The highest BCUT2D eigenvalue weighted by molar-refractivity contribution is 8.00. The molecule has 0 aromatic heterocycles. The van der Waals surface area contributed by atoms with Gasteiger partial charge in [-0.3, -0.25) is 4.79 Å². The molecule has 0 aromatic rings.